The molecule has 0 N–H and O–H groups in total. The topological polar surface area (TPSA) is 51.2 Å². The van der Waals surface area contributed by atoms with Crippen LogP contribution in [0.3, 0.4) is 0 Å². The zero-order valence-corrected chi connectivity index (χ0v) is 19.0. The van der Waals surface area contributed by atoms with Crippen molar-refractivity contribution in [2.24, 2.45) is 0 Å². The number of carbonyl (C=O) groups excluding carboxylic acids is 1. The molecule has 0 aromatic heterocycles. The van der Waals surface area contributed by atoms with Gasteiger partial charge in [0, 0.05) is 39.4 Å². The molecule has 0 bridgehead atoms. The highest BCUT2D eigenvalue weighted by Crippen LogP contribution is 2.23. The Morgan fingerprint density at radius 3 is 2.29 bits per heavy atom. The predicted molar refractivity (Wildman–Crippen MR) is 124 cm³/mol. The van der Waals surface area contributed by atoms with Gasteiger partial charge >= 0.3 is 0 Å². The molecule has 31 heavy (non-hydrogen) atoms. The van der Waals surface area contributed by atoms with Gasteiger partial charge in [0.1, 0.15) is 5.75 Å². The zero-order valence-electron chi connectivity index (χ0n) is 19.0. The third kappa shape index (κ3) is 7.20. The molecule has 6 nitrogen and oxygen atoms in total. The highest BCUT2D eigenvalue weighted by Gasteiger charge is 2.16. The number of benzene rings is 2. The lowest BCUT2D eigenvalue weighted by molar-refractivity contribution is 0.0627. The van der Waals surface area contributed by atoms with E-state index in [2.05, 4.69) is 11.0 Å². The number of hydrogen-bond donors (Lipinski definition) is 0. The van der Waals surface area contributed by atoms with E-state index >= 15 is 0 Å². The van der Waals surface area contributed by atoms with Gasteiger partial charge in [-0.3, -0.25) is 4.79 Å². The molecule has 6 heteroatoms. The fourth-order valence-corrected chi connectivity index (χ4v) is 4.01. The summed E-state index contributed by atoms with van der Waals surface area (Å²) in [5, 5.41) is 2.11. The van der Waals surface area contributed by atoms with Crippen LogP contribution >= 0.6 is 0 Å². The fraction of sp³-hybridized carbons (Fsp3) is 0.560. The molecular weight excluding hydrogens is 392 g/mol. The van der Waals surface area contributed by atoms with Gasteiger partial charge in [-0.15, -0.1) is 0 Å². The fourth-order valence-electron chi connectivity index (χ4n) is 4.01. The highest BCUT2D eigenvalue weighted by atomic mass is 16.5. The molecule has 0 radical (unpaired) electrons. The second-order valence-electron chi connectivity index (χ2n) is 8.11. The number of rotatable bonds is 12. The van der Waals surface area contributed by atoms with Crippen LogP contribution in [0.1, 0.15) is 36.0 Å². The molecule has 1 aliphatic heterocycles. The van der Waals surface area contributed by atoms with Gasteiger partial charge in [-0.1, -0.05) is 18.6 Å². The van der Waals surface area contributed by atoms with E-state index in [1.165, 1.54) is 32.4 Å². The Labute approximate surface area is 186 Å². The molecule has 0 atom stereocenters. The Kier molecular flexibility index (Phi) is 9.59. The Morgan fingerprint density at radius 1 is 0.903 bits per heavy atom. The molecule has 1 fully saturated rings. The largest absolute Gasteiger partial charge is 0.494 e. The lowest BCUT2D eigenvalue weighted by Gasteiger charge is -2.26. The first kappa shape index (κ1) is 23.5. The molecule has 1 heterocycles. The van der Waals surface area contributed by atoms with Crippen LogP contribution in [0, 0.1) is 0 Å². The van der Waals surface area contributed by atoms with Gasteiger partial charge < -0.3 is 24.0 Å². The van der Waals surface area contributed by atoms with E-state index in [-0.39, 0.29) is 5.91 Å². The Hall–Kier alpha value is -2.15. The summed E-state index contributed by atoms with van der Waals surface area (Å²) in [4.78, 5) is 17.3. The minimum absolute atomic E-state index is 0.00552. The van der Waals surface area contributed by atoms with Crippen molar-refractivity contribution in [1.82, 2.24) is 9.80 Å². The first-order valence-electron chi connectivity index (χ1n) is 11.4. The first-order chi connectivity index (χ1) is 15.2. The summed E-state index contributed by atoms with van der Waals surface area (Å²) in [6.45, 7) is 6.38. The number of fused-ring (bicyclic) bond motifs is 1. The van der Waals surface area contributed by atoms with Crippen LogP contribution in [0.4, 0.5) is 0 Å². The van der Waals surface area contributed by atoms with Crippen molar-refractivity contribution in [3.05, 3.63) is 42.0 Å². The smallest absolute Gasteiger partial charge is 0.254 e. The molecular formula is C25H36N2O4. The van der Waals surface area contributed by atoms with Gasteiger partial charge in [0.2, 0.25) is 0 Å². The van der Waals surface area contributed by atoms with Crippen LogP contribution in [0.25, 0.3) is 10.8 Å². The van der Waals surface area contributed by atoms with E-state index in [9.17, 15) is 4.79 Å². The molecule has 1 amide bonds. The third-order valence-electron chi connectivity index (χ3n) is 5.81. The van der Waals surface area contributed by atoms with Gasteiger partial charge in [0.25, 0.3) is 5.91 Å². The summed E-state index contributed by atoms with van der Waals surface area (Å²) in [7, 11) is 3.28. The molecule has 0 saturated carbocycles. The van der Waals surface area contributed by atoms with E-state index in [1.54, 1.807) is 19.1 Å². The molecule has 170 valence electrons. The summed E-state index contributed by atoms with van der Waals surface area (Å²) in [6.07, 6.45) is 5.07. The van der Waals surface area contributed by atoms with Gasteiger partial charge in [-0.25, -0.2) is 0 Å². The van der Waals surface area contributed by atoms with E-state index in [1.807, 2.05) is 30.3 Å². The van der Waals surface area contributed by atoms with E-state index < -0.39 is 0 Å². The van der Waals surface area contributed by atoms with Crippen molar-refractivity contribution in [2.75, 3.05) is 66.8 Å². The normalized spacial score (nSPS) is 14.6. The SMILES string of the molecule is COCCN(CCOC)C(=O)c1ccc2cc(OCCCN3CCCCC3)ccc2c1. The Bertz CT molecular complexity index is 812. The molecule has 1 saturated heterocycles. The zero-order chi connectivity index (χ0) is 21.9. The summed E-state index contributed by atoms with van der Waals surface area (Å²) in [5.74, 6) is 0.876. The van der Waals surface area contributed by atoms with Crippen LogP contribution in [0.15, 0.2) is 36.4 Å². The lowest BCUT2D eigenvalue weighted by atomic mass is 10.1. The number of carbonyl (C=O) groups is 1. The Balaban J connectivity index is 1.57. The van der Waals surface area contributed by atoms with Crippen molar-refractivity contribution in [1.29, 1.82) is 0 Å². The number of piperidine rings is 1. The van der Waals surface area contributed by atoms with Crippen molar-refractivity contribution < 1.29 is 19.0 Å². The number of methoxy groups -OCH3 is 2. The minimum Gasteiger partial charge on any atom is -0.494 e. The molecule has 2 aromatic rings. The number of hydrogen-bond acceptors (Lipinski definition) is 5. The number of nitrogens with zero attached hydrogens (tertiary/aromatic N) is 2. The maximum absolute atomic E-state index is 13.0. The molecule has 0 aliphatic carbocycles. The second kappa shape index (κ2) is 12.6. The van der Waals surface area contributed by atoms with Crippen LogP contribution < -0.4 is 4.74 Å². The van der Waals surface area contributed by atoms with E-state index in [0.717, 1.165) is 36.1 Å². The summed E-state index contributed by atoms with van der Waals surface area (Å²) in [6, 6.07) is 11.9. The molecule has 2 aromatic carbocycles. The highest BCUT2D eigenvalue weighted by molar-refractivity contribution is 5.98. The van der Waals surface area contributed by atoms with Crippen LogP contribution in [0.5, 0.6) is 5.75 Å². The minimum atomic E-state index is -0.00552. The summed E-state index contributed by atoms with van der Waals surface area (Å²) < 4.78 is 16.3. The number of ether oxygens (including phenoxy) is 3. The van der Waals surface area contributed by atoms with Gasteiger partial charge in [0.15, 0.2) is 0 Å². The van der Waals surface area contributed by atoms with Crippen molar-refractivity contribution >= 4 is 16.7 Å². The van der Waals surface area contributed by atoms with E-state index in [4.69, 9.17) is 14.2 Å². The van der Waals surface area contributed by atoms with Crippen molar-refractivity contribution in [2.45, 2.75) is 25.7 Å². The number of likely N-dealkylation sites (tertiary alicyclic amines) is 1. The average Bonchev–Trinajstić information content (AvgIpc) is 2.82. The molecule has 3 rings (SSSR count). The van der Waals surface area contributed by atoms with Crippen molar-refractivity contribution in [3.63, 3.8) is 0 Å². The monoisotopic (exact) mass is 428 g/mol. The van der Waals surface area contributed by atoms with Crippen LogP contribution in [-0.4, -0.2) is 82.5 Å². The molecule has 0 spiro atoms. The van der Waals surface area contributed by atoms with Gasteiger partial charge in [-0.2, -0.15) is 0 Å². The van der Waals surface area contributed by atoms with Gasteiger partial charge in [-0.05, 0) is 67.4 Å². The predicted octanol–water partition coefficient (Wildman–Crippen LogP) is 3.83. The maximum Gasteiger partial charge on any atom is 0.254 e. The molecule has 0 unspecified atom stereocenters. The van der Waals surface area contributed by atoms with Crippen LogP contribution in [0.2, 0.25) is 0 Å². The second-order valence-corrected chi connectivity index (χ2v) is 8.11. The quantitative estimate of drug-likeness (QED) is 0.481. The molecule has 1 aliphatic rings. The Morgan fingerprint density at radius 2 is 1.58 bits per heavy atom. The average molecular weight is 429 g/mol. The standard InChI is InChI=1S/C25H36N2O4/c1-29-17-14-27(15-18-30-2)25(28)23-8-7-22-20-24(10-9-21(22)19-23)31-16-6-13-26-11-4-3-5-12-26/h7-10,19-20H,3-6,11-18H2,1-2H3. The summed E-state index contributed by atoms with van der Waals surface area (Å²) >= 11 is 0. The van der Waals surface area contributed by atoms with Crippen molar-refractivity contribution in [3.8, 4) is 5.75 Å². The lowest BCUT2D eigenvalue weighted by Crippen LogP contribution is -2.36. The third-order valence-corrected chi connectivity index (χ3v) is 5.81. The first-order valence-corrected chi connectivity index (χ1v) is 11.4. The van der Waals surface area contributed by atoms with E-state index in [0.29, 0.717) is 31.9 Å². The maximum atomic E-state index is 13.0. The van der Waals surface area contributed by atoms with Crippen LogP contribution in [-0.2, 0) is 9.47 Å². The number of amides is 1. The summed E-state index contributed by atoms with van der Waals surface area (Å²) in [5.41, 5.74) is 0.676. The van der Waals surface area contributed by atoms with Gasteiger partial charge in [0.05, 0.1) is 19.8 Å².